The summed E-state index contributed by atoms with van der Waals surface area (Å²) in [6.07, 6.45) is 3.72. The minimum absolute atomic E-state index is 0.297. The normalized spacial score (nSPS) is 22.2. The highest BCUT2D eigenvalue weighted by molar-refractivity contribution is 7.99. The molecule has 0 saturated carbocycles. The summed E-state index contributed by atoms with van der Waals surface area (Å²) in [6, 6.07) is 2.90. The molecule has 0 aliphatic carbocycles. The Bertz CT molecular complexity index is 402. The quantitative estimate of drug-likeness (QED) is 0.890. The summed E-state index contributed by atoms with van der Waals surface area (Å²) >= 11 is 2.03. The maximum Gasteiger partial charge on any atom is 0.137 e. The summed E-state index contributed by atoms with van der Waals surface area (Å²) in [5.41, 5.74) is 1.20. The lowest BCUT2D eigenvalue weighted by atomic mass is 10.0. The first-order valence-corrected chi connectivity index (χ1v) is 7.94. The van der Waals surface area contributed by atoms with Gasteiger partial charge in [-0.1, -0.05) is 0 Å². The third kappa shape index (κ3) is 3.61. The van der Waals surface area contributed by atoms with E-state index in [1.807, 2.05) is 31.9 Å². The number of nitrogens with one attached hydrogen (secondary N) is 1. The van der Waals surface area contributed by atoms with Crippen molar-refractivity contribution in [1.29, 1.82) is 0 Å². The molecule has 0 radical (unpaired) electrons. The predicted octanol–water partition coefficient (Wildman–Crippen LogP) is 1.79. The van der Waals surface area contributed by atoms with Gasteiger partial charge >= 0.3 is 0 Å². The molecule has 106 valence electrons. The van der Waals surface area contributed by atoms with Crippen molar-refractivity contribution in [3.8, 4) is 5.75 Å². The third-order valence-corrected chi connectivity index (χ3v) is 4.59. The van der Waals surface area contributed by atoms with E-state index in [1.54, 1.807) is 6.20 Å². The molecule has 2 atom stereocenters. The Morgan fingerprint density at radius 1 is 1.58 bits per heavy atom. The summed E-state index contributed by atoms with van der Waals surface area (Å²) in [5.74, 6) is 3.23. The molecule has 1 saturated heterocycles. The fraction of sp³-hybridized carbons (Fsp3) is 0.643. The van der Waals surface area contributed by atoms with Crippen LogP contribution in [-0.2, 0) is 0 Å². The zero-order chi connectivity index (χ0) is 13.7. The topological polar surface area (TPSA) is 37.4 Å². The summed E-state index contributed by atoms with van der Waals surface area (Å²) in [7, 11) is 4.22. The van der Waals surface area contributed by atoms with Crippen LogP contribution in [0.5, 0.6) is 5.75 Å². The van der Waals surface area contributed by atoms with Crippen LogP contribution in [0.15, 0.2) is 18.5 Å². The molecule has 5 heteroatoms. The molecule has 2 rings (SSSR count). The molecule has 1 aromatic rings. The van der Waals surface area contributed by atoms with Gasteiger partial charge < -0.3 is 10.1 Å². The molecule has 2 unspecified atom stereocenters. The Kier molecular flexibility index (Phi) is 5.48. The van der Waals surface area contributed by atoms with Crippen molar-refractivity contribution in [3.63, 3.8) is 0 Å². The van der Waals surface area contributed by atoms with Gasteiger partial charge in [-0.3, -0.25) is 9.88 Å². The molecule has 4 nitrogen and oxygen atoms in total. The fourth-order valence-corrected chi connectivity index (χ4v) is 3.76. The van der Waals surface area contributed by atoms with E-state index < -0.39 is 0 Å². The highest BCUT2D eigenvalue weighted by atomic mass is 32.2. The number of thioether (sulfide) groups is 1. The maximum absolute atomic E-state index is 5.55. The van der Waals surface area contributed by atoms with Crippen molar-refractivity contribution in [3.05, 3.63) is 24.0 Å². The number of likely N-dealkylation sites (N-methyl/N-ethyl adjacent to an activating group) is 2. The van der Waals surface area contributed by atoms with Crippen LogP contribution in [0, 0.1) is 0 Å². The molecule has 2 heterocycles. The first-order valence-electron chi connectivity index (χ1n) is 6.79. The largest absolute Gasteiger partial charge is 0.492 e. The van der Waals surface area contributed by atoms with Gasteiger partial charge in [-0.15, -0.1) is 0 Å². The average Bonchev–Trinajstić information content (AvgIpc) is 2.43. The number of ether oxygens (including phenoxy) is 1. The second-order valence-electron chi connectivity index (χ2n) is 4.78. The van der Waals surface area contributed by atoms with Crippen molar-refractivity contribution < 1.29 is 4.74 Å². The molecular formula is C14H23N3OS. The zero-order valence-electron chi connectivity index (χ0n) is 11.9. The van der Waals surface area contributed by atoms with Crippen molar-refractivity contribution in [2.75, 3.05) is 38.8 Å². The lowest BCUT2D eigenvalue weighted by molar-refractivity contribution is 0.220. The zero-order valence-corrected chi connectivity index (χ0v) is 12.7. The third-order valence-electron chi connectivity index (χ3n) is 3.54. The van der Waals surface area contributed by atoms with E-state index in [-0.39, 0.29) is 0 Å². The molecule has 1 N–H and O–H groups in total. The highest BCUT2D eigenvalue weighted by Gasteiger charge is 2.28. The molecule has 1 aromatic heterocycles. The van der Waals surface area contributed by atoms with E-state index in [9.17, 15) is 0 Å². The van der Waals surface area contributed by atoms with Gasteiger partial charge in [0.2, 0.25) is 0 Å². The smallest absolute Gasteiger partial charge is 0.137 e. The van der Waals surface area contributed by atoms with Gasteiger partial charge in [-0.2, -0.15) is 11.8 Å². The lowest BCUT2D eigenvalue weighted by Gasteiger charge is -2.37. The molecule has 19 heavy (non-hydrogen) atoms. The molecule has 1 aliphatic rings. The van der Waals surface area contributed by atoms with E-state index in [1.165, 1.54) is 11.3 Å². The molecular weight excluding hydrogens is 258 g/mol. The minimum atomic E-state index is 0.297. The summed E-state index contributed by atoms with van der Waals surface area (Å²) in [6.45, 7) is 3.81. The first-order chi connectivity index (χ1) is 9.26. The number of aromatic nitrogens is 1. The summed E-state index contributed by atoms with van der Waals surface area (Å²) in [4.78, 5) is 6.74. The van der Waals surface area contributed by atoms with Gasteiger partial charge in [0.25, 0.3) is 0 Å². The van der Waals surface area contributed by atoms with E-state index in [0.29, 0.717) is 18.7 Å². The number of nitrogens with zero attached hydrogens (tertiary/aromatic N) is 2. The Morgan fingerprint density at radius 2 is 2.42 bits per heavy atom. The van der Waals surface area contributed by atoms with Gasteiger partial charge in [0, 0.05) is 36.3 Å². The lowest BCUT2D eigenvalue weighted by Crippen LogP contribution is -2.47. The fourth-order valence-electron chi connectivity index (χ4n) is 2.49. The Balaban J connectivity index is 2.18. The van der Waals surface area contributed by atoms with Gasteiger partial charge in [0.15, 0.2) is 0 Å². The van der Waals surface area contributed by atoms with Crippen LogP contribution in [0.4, 0.5) is 0 Å². The monoisotopic (exact) mass is 281 g/mol. The van der Waals surface area contributed by atoms with Crippen LogP contribution in [0.1, 0.15) is 18.5 Å². The summed E-state index contributed by atoms with van der Waals surface area (Å²) < 4.78 is 5.55. The minimum Gasteiger partial charge on any atom is -0.492 e. The molecule has 0 bridgehead atoms. The van der Waals surface area contributed by atoms with Gasteiger partial charge in [-0.05, 0) is 32.6 Å². The van der Waals surface area contributed by atoms with Crippen molar-refractivity contribution in [2.24, 2.45) is 0 Å². The van der Waals surface area contributed by atoms with Crippen molar-refractivity contribution in [1.82, 2.24) is 15.2 Å². The van der Waals surface area contributed by atoms with Gasteiger partial charge in [0.05, 0.1) is 12.8 Å². The van der Waals surface area contributed by atoms with Crippen LogP contribution in [0.3, 0.4) is 0 Å². The molecule has 0 aromatic carbocycles. The summed E-state index contributed by atoms with van der Waals surface area (Å²) in [5, 5.41) is 3.44. The van der Waals surface area contributed by atoms with Gasteiger partial charge in [0.1, 0.15) is 5.75 Å². The van der Waals surface area contributed by atoms with Crippen LogP contribution in [-0.4, -0.2) is 54.7 Å². The number of hydrogen-bond acceptors (Lipinski definition) is 5. The maximum atomic E-state index is 5.55. The Hall–Kier alpha value is -0.780. The van der Waals surface area contributed by atoms with E-state index in [0.717, 1.165) is 18.0 Å². The van der Waals surface area contributed by atoms with Crippen LogP contribution >= 0.6 is 11.8 Å². The number of hydrogen-bond donors (Lipinski definition) is 1. The predicted molar refractivity (Wildman–Crippen MR) is 80.9 cm³/mol. The number of pyridine rings is 1. The Labute approximate surface area is 119 Å². The Morgan fingerprint density at radius 3 is 3.11 bits per heavy atom. The van der Waals surface area contributed by atoms with Crippen molar-refractivity contribution >= 4 is 11.8 Å². The highest BCUT2D eigenvalue weighted by Crippen LogP contribution is 2.27. The van der Waals surface area contributed by atoms with Crippen molar-refractivity contribution in [2.45, 2.75) is 19.0 Å². The van der Waals surface area contributed by atoms with Gasteiger partial charge in [-0.25, -0.2) is 0 Å². The molecule has 1 aliphatic heterocycles. The standard InChI is InChI=1S/C14H23N3OS/c1-4-18-12-7-11(8-16-9-12)14(15-2)13-10-19-6-5-17(13)3/h7-9,13-15H,4-6,10H2,1-3H3. The van der Waals surface area contributed by atoms with E-state index >= 15 is 0 Å². The van der Waals surface area contributed by atoms with E-state index in [4.69, 9.17) is 4.74 Å². The SMILES string of the molecule is CCOc1cncc(C(NC)C2CSCCN2C)c1. The first kappa shape index (κ1) is 14.6. The molecule has 0 spiro atoms. The molecule has 1 fully saturated rings. The van der Waals surface area contributed by atoms with Crippen LogP contribution in [0.2, 0.25) is 0 Å². The van der Waals surface area contributed by atoms with Crippen LogP contribution < -0.4 is 10.1 Å². The second kappa shape index (κ2) is 7.12. The molecule has 0 amide bonds. The average molecular weight is 281 g/mol. The van der Waals surface area contributed by atoms with E-state index in [2.05, 4.69) is 28.3 Å². The number of rotatable bonds is 5. The second-order valence-corrected chi connectivity index (χ2v) is 5.93. The van der Waals surface area contributed by atoms with Crippen LogP contribution in [0.25, 0.3) is 0 Å².